The molecule has 0 aliphatic heterocycles. The molecule has 0 saturated carbocycles. The Morgan fingerprint density at radius 1 is 1.35 bits per heavy atom. The number of benzene rings is 1. The van der Waals surface area contributed by atoms with Gasteiger partial charge in [-0.15, -0.1) is 0 Å². The molecule has 1 amide bonds. The first kappa shape index (κ1) is 14.8. The van der Waals surface area contributed by atoms with E-state index in [1.807, 2.05) is 38.1 Å². The zero-order valence-corrected chi connectivity index (χ0v) is 12.8. The van der Waals surface area contributed by atoms with Gasteiger partial charge in [-0.1, -0.05) is 49.2 Å². The first-order valence-electron chi connectivity index (χ1n) is 6.81. The molecule has 0 bridgehead atoms. The van der Waals surface area contributed by atoms with Crippen LogP contribution in [-0.4, -0.2) is 16.4 Å². The van der Waals surface area contributed by atoms with E-state index in [1.54, 1.807) is 6.07 Å². The van der Waals surface area contributed by atoms with Crippen LogP contribution in [0.15, 0.2) is 30.3 Å². The SMILES string of the molecule is CCCC(C)(C)NC(=O)c1cc2ccccc2c(Cl)n1. The Kier molecular flexibility index (Phi) is 4.29. The van der Waals surface area contributed by atoms with Crippen LogP contribution in [0.3, 0.4) is 0 Å². The van der Waals surface area contributed by atoms with Gasteiger partial charge in [0.25, 0.3) is 5.91 Å². The van der Waals surface area contributed by atoms with Crippen LogP contribution >= 0.6 is 11.6 Å². The second kappa shape index (κ2) is 5.80. The maximum Gasteiger partial charge on any atom is 0.270 e. The van der Waals surface area contributed by atoms with Crippen molar-refractivity contribution in [1.82, 2.24) is 10.3 Å². The molecule has 0 fully saturated rings. The predicted octanol–water partition coefficient (Wildman–Crippen LogP) is 4.20. The minimum Gasteiger partial charge on any atom is -0.346 e. The zero-order valence-electron chi connectivity index (χ0n) is 12.0. The van der Waals surface area contributed by atoms with E-state index in [0.29, 0.717) is 10.8 Å². The van der Waals surface area contributed by atoms with E-state index in [2.05, 4.69) is 17.2 Å². The van der Waals surface area contributed by atoms with Crippen molar-refractivity contribution in [2.45, 2.75) is 39.2 Å². The van der Waals surface area contributed by atoms with E-state index in [9.17, 15) is 4.79 Å². The lowest BCUT2D eigenvalue weighted by atomic mass is 9.98. The zero-order chi connectivity index (χ0) is 14.8. The number of hydrogen-bond donors (Lipinski definition) is 1. The molecule has 2 aromatic rings. The number of halogens is 1. The van der Waals surface area contributed by atoms with Crippen LogP contribution in [0.4, 0.5) is 0 Å². The molecule has 20 heavy (non-hydrogen) atoms. The molecule has 1 aromatic heterocycles. The molecule has 2 rings (SSSR count). The van der Waals surface area contributed by atoms with Crippen molar-refractivity contribution in [1.29, 1.82) is 0 Å². The van der Waals surface area contributed by atoms with Crippen molar-refractivity contribution in [3.05, 3.63) is 41.2 Å². The van der Waals surface area contributed by atoms with Crippen LogP contribution in [0.1, 0.15) is 44.1 Å². The first-order valence-corrected chi connectivity index (χ1v) is 7.18. The second-order valence-corrected chi connectivity index (χ2v) is 5.97. The number of hydrogen-bond acceptors (Lipinski definition) is 2. The van der Waals surface area contributed by atoms with Crippen molar-refractivity contribution < 1.29 is 4.79 Å². The third-order valence-electron chi connectivity index (χ3n) is 3.25. The van der Waals surface area contributed by atoms with Gasteiger partial charge in [0.2, 0.25) is 0 Å². The third kappa shape index (κ3) is 3.28. The van der Waals surface area contributed by atoms with E-state index in [4.69, 9.17) is 11.6 Å². The van der Waals surface area contributed by atoms with Gasteiger partial charge in [0, 0.05) is 10.9 Å². The number of pyridine rings is 1. The molecule has 0 unspecified atom stereocenters. The highest BCUT2D eigenvalue weighted by Crippen LogP contribution is 2.22. The monoisotopic (exact) mass is 290 g/mol. The number of aromatic nitrogens is 1. The fourth-order valence-corrected chi connectivity index (χ4v) is 2.59. The molecule has 0 radical (unpaired) electrons. The standard InChI is InChI=1S/C16H19ClN2O/c1-4-9-16(2,3)19-15(20)13-10-11-7-5-6-8-12(11)14(17)18-13/h5-8,10H,4,9H2,1-3H3,(H,19,20). The van der Waals surface area contributed by atoms with Gasteiger partial charge in [-0.2, -0.15) is 0 Å². The Morgan fingerprint density at radius 2 is 2.05 bits per heavy atom. The summed E-state index contributed by atoms with van der Waals surface area (Å²) in [6.45, 7) is 6.12. The highest BCUT2D eigenvalue weighted by molar-refractivity contribution is 6.34. The van der Waals surface area contributed by atoms with E-state index in [1.165, 1.54) is 0 Å². The van der Waals surface area contributed by atoms with Gasteiger partial charge >= 0.3 is 0 Å². The molecule has 0 saturated heterocycles. The minimum absolute atomic E-state index is 0.184. The number of fused-ring (bicyclic) bond motifs is 1. The lowest BCUT2D eigenvalue weighted by Gasteiger charge is -2.25. The molecule has 1 N–H and O–H groups in total. The van der Waals surface area contributed by atoms with Gasteiger partial charge < -0.3 is 5.32 Å². The van der Waals surface area contributed by atoms with Gasteiger partial charge in [-0.25, -0.2) is 4.98 Å². The van der Waals surface area contributed by atoms with Crippen LogP contribution in [0.5, 0.6) is 0 Å². The van der Waals surface area contributed by atoms with E-state index in [-0.39, 0.29) is 11.4 Å². The fourth-order valence-electron chi connectivity index (χ4n) is 2.33. The van der Waals surface area contributed by atoms with Crippen LogP contribution in [-0.2, 0) is 0 Å². The average molecular weight is 291 g/mol. The Hall–Kier alpha value is -1.61. The normalized spacial score (nSPS) is 11.6. The van der Waals surface area contributed by atoms with Gasteiger partial charge in [0.15, 0.2) is 0 Å². The molecule has 3 nitrogen and oxygen atoms in total. The minimum atomic E-state index is -0.244. The lowest BCUT2D eigenvalue weighted by molar-refractivity contribution is 0.0904. The number of nitrogens with zero attached hydrogens (tertiary/aromatic N) is 1. The largest absolute Gasteiger partial charge is 0.346 e. The van der Waals surface area contributed by atoms with Crippen LogP contribution in [0, 0.1) is 0 Å². The number of amides is 1. The summed E-state index contributed by atoms with van der Waals surface area (Å²) in [7, 11) is 0. The number of rotatable bonds is 4. The first-order chi connectivity index (χ1) is 9.43. The molecule has 4 heteroatoms. The number of carbonyl (C=O) groups excluding carboxylic acids is 1. The van der Waals surface area contributed by atoms with Gasteiger partial charge in [0.1, 0.15) is 10.8 Å². The Morgan fingerprint density at radius 3 is 2.75 bits per heavy atom. The molecular formula is C16H19ClN2O. The van der Waals surface area contributed by atoms with Gasteiger partial charge in [-0.05, 0) is 31.7 Å². The quantitative estimate of drug-likeness (QED) is 0.858. The van der Waals surface area contributed by atoms with Crippen molar-refractivity contribution in [2.24, 2.45) is 0 Å². The Bertz CT molecular complexity index is 637. The Labute approximate surface area is 124 Å². The topological polar surface area (TPSA) is 42.0 Å². The van der Waals surface area contributed by atoms with E-state index in [0.717, 1.165) is 23.6 Å². The van der Waals surface area contributed by atoms with Crippen molar-refractivity contribution in [3.63, 3.8) is 0 Å². The summed E-state index contributed by atoms with van der Waals surface area (Å²) in [5.74, 6) is -0.184. The summed E-state index contributed by atoms with van der Waals surface area (Å²) in [6.07, 6.45) is 1.93. The molecule has 0 spiro atoms. The maximum atomic E-state index is 12.3. The highest BCUT2D eigenvalue weighted by Gasteiger charge is 2.21. The summed E-state index contributed by atoms with van der Waals surface area (Å²) in [4.78, 5) is 16.5. The summed E-state index contributed by atoms with van der Waals surface area (Å²) in [5, 5.41) is 5.15. The number of carbonyl (C=O) groups is 1. The molecule has 0 aliphatic carbocycles. The van der Waals surface area contributed by atoms with Gasteiger partial charge in [0.05, 0.1) is 0 Å². The fraction of sp³-hybridized carbons (Fsp3) is 0.375. The summed E-state index contributed by atoms with van der Waals surface area (Å²) in [5.41, 5.74) is 0.115. The van der Waals surface area contributed by atoms with Crippen molar-refractivity contribution >= 4 is 28.3 Å². The molecule has 0 aliphatic rings. The highest BCUT2D eigenvalue weighted by atomic mass is 35.5. The molecule has 1 heterocycles. The summed E-state index contributed by atoms with van der Waals surface area (Å²) >= 11 is 6.15. The second-order valence-electron chi connectivity index (χ2n) is 5.61. The van der Waals surface area contributed by atoms with Crippen LogP contribution < -0.4 is 5.32 Å². The maximum absolute atomic E-state index is 12.3. The van der Waals surface area contributed by atoms with E-state index >= 15 is 0 Å². The van der Waals surface area contributed by atoms with Crippen molar-refractivity contribution in [3.8, 4) is 0 Å². The molecular weight excluding hydrogens is 272 g/mol. The smallest absolute Gasteiger partial charge is 0.270 e. The lowest BCUT2D eigenvalue weighted by Crippen LogP contribution is -2.43. The Balaban J connectivity index is 2.31. The molecule has 1 aromatic carbocycles. The average Bonchev–Trinajstić information content (AvgIpc) is 2.38. The third-order valence-corrected chi connectivity index (χ3v) is 3.54. The predicted molar refractivity (Wildman–Crippen MR) is 83.2 cm³/mol. The van der Waals surface area contributed by atoms with Crippen LogP contribution in [0.2, 0.25) is 5.15 Å². The van der Waals surface area contributed by atoms with Gasteiger partial charge in [-0.3, -0.25) is 4.79 Å². The summed E-state index contributed by atoms with van der Waals surface area (Å²) < 4.78 is 0. The number of nitrogens with one attached hydrogen (secondary N) is 1. The molecule has 106 valence electrons. The van der Waals surface area contributed by atoms with Crippen LogP contribution in [0.25, 0.3) is 10.8 Å². The van der Waals surface area contributed by atoms with E-state index < -0.39 is 0 Å². The van der Waals surface area contributed by atoms with Crippen molar-refractivity contribution in [2.75, 3.05) is 0 Å². The summed E-state index contributed by atoms with van der Waals surface area (Å²) in [6, 6.07) is 9.42. The molecule has 0 atom stereocenters.